The van der Waals surface area contributed by atoms with Gasteiger partial charge in [0.1, 0.15) is 5.82 Å². The number of nitrogens with one attached hydrogen (secondary N) is 2. The molecule has 1 heterocycles. The zero-order valence-corrected chi connectivity index (χ0v) is 11.1. The summed E-state index contributed by atoms with van der Waals surface area (Å²) in [4.78, 5) is 3.96. The number of rotatable bonds is 4. The van der Waals surface area contributed by atoms with E-state index in [4.69, 9.17) is 5.84 Å². The highest BCUT2D eigenvalue weighted by Gasteiger charge is 2.14. The second-order valence-electron chi connectivity index (χ2n) is 4.00. The zero-order valence-electron chi connectivity index (χ0n) is 10.3. The summed E-state index contributed by atoms with van der Waals surface area (Å²) >= 11 is 0. The van der Waals surface area contributed by atoms with Crippen LogP contribution in [0.25, 0.3) is 0 Å². The highest BCUT2D eigenvalue weighted by molar-refractivity contribution is 7.92. The van der Waals surface area contributed by atoms with Crippen molar-refractivity contribution in [1.82, 2.24) is 4.98 Å². The van der Waals surface area contributed by atoms with Crippen LogP contribution in [0.1, 0.15) is 5.56 Å². The van der Waals surface area contributed by atoms with Crippen LogP contribution in [0.4, 0.5) is 11.5 Å². The van der Waals surface area contributed by atoms with E-state index in [1.54, 1.807) is 18.2 Å². The van der Waals surface area contributed by atoms with Crippen LogP contribution in [0.2, 0.25) is 0 Å². The van der Waals surface area contributed by atoms with E-state index in [0.29, 0.717) is 5.69 Å². The zero-order chi connectivity index (χ0) is 13.9. The molecule has 0 unspecified atom stereocenters. The van der Waals surface area contributed by atoms with Gasteiger partial charge in [-0.15, -0.1) is 0 Å². The Hall–Kier alpha value is -2.12. The molecule has 19 heavy (non-hydrogen) atoms. The fourth-order valence-electron chi connectivity index (χ4n) is 1.58. The standard InChI is InChI=1S/C12H14N4O2S/c1-9-3-2-4-10(7-9)16-19(17,18)11-5-6-14-12(8-11)15-13/h2-8,16H,13H2,1H3,(H,14,15). The van der Waals surface area contributed by atoms with Crippen LogP contribution in [-0.2, 0) is 10.0 Å². The normalized spacial score (nSPS) is 11.1. The maximum Gasteiger partial charge on any atom is 0.262 e. The van der Waals surface area contributed by atoms with E-state index in [-0.39, 0.29) is 10.7 Å². The number of sulfonamides is 1. The summed E-state index contributed by atoms with van der Waals surface area (Å²) < 4.78 is 26.8. The summed E-state index contributed by atoms with van der Waals surface area (Å²) in [5.41, 5.74) is 3.79. The molecule has 0 aliphatic rings. The van der Waals surface area contributed by atoms with Crippen molar-refractivity contribution >= 4 is 21.5 Å². The number of anilines is 2. The number of hydrogen-bond acceptors (Lipinski definition) is 5. The molecule has 7 heteroatoms. The second-order valence-corrected chi connectivity index (χ2v) is 5.68. The Kier molecular flexibility index (Phi) is 3.68. The molecule has 0 spiro atoms. The molecule has 0 saturated heterocycles. The van der Waals surface area contributed by atoms with Gasteiger partial charge in [0, 0.05) is 18.0 Å². The van der Waals surface area contributed by atoms with Crippen LogP contribution < -0.4 is 16.0 Å². The van der Waals surface area contributed by atoms with Gasteiger partial charge in [-0.3, -0.25) is 4.72 Å². The van der Waals surface area contributed by atoms with Crippen LogP contribution in [0.15, 0.2) is 47.5 Å². The lowest BCUT2D eigenvalue weighted by Crippen LogP contribution is -2.15. The Labute approximate surface area is 111 Å². The molecule has 1 aromatic carbocycles. The Morgan fingerprint density at radius 3 is 2.68 bits per heavy atom. The van der Waals surface area contributed by atoms with Gasteiger partial charge in [0.25, 0.3) is 10.0 Å². The van der Waals surface area contributed by atoms with Crippen molar-refractivity contribution in [3.63, 3.8) is 0 Å². The van der Waals surface area contributed by atoms with E-state index in [1.165, 1.54) is 18.3 Å². The van der Waals surface area contributed by atoms with Gasteiger partial charge >= 0.3 is 0 Å². The van der Waals surface area contributed by atoms with Crippen LogP contribution in [0, 0.1) is 6.92 Å². The Morgan fingerprint density at radius 2 is 2.00 bits per heavy atom. The molecule has 0 aliphatic heterocycles. The number of nitrogen functional groups attached to an aromatic ring is 1. The maximum absolute atomic E-state index is 12.2. The number of pyridine rings is 1. The number of aromatic nitrogens is 1. The molecule has 0 amide bonds. The second kappa shape index (κ2) is 5.25. The summed E-state index contributed by atoms with van der Waals surface area (Å²) in [6.07, 6.45) is 1.38. The molecule has 6 nitrogen and oxygen atoms in total. The Bertz CT molecular complexity index is 686. The van der Waals surface area contributed by atoms with Crippen molar-refractivity contribution in [2.75, 3.05) is 10.1 Å². The monoisotopic (exact) mass is 278 g/mol. The average molecular weight is 278 g/mol. The lowest BCUT2D eigenvalue weighted by molar-refractivity contribution is 0.601. The van der Waals surface area contributed by atoms with Crippen LogP contribution in [-0.4, -0.2) is 13.4 Å². The summed E-state index contributed by atoms with van der Waals surface area (Å²) in [5, 5.41) is 0. The molecule has 0 saturated carbocycles. The third kappa shape index (κ3) is 3.21. The van der Waals surface area contributed by atoms with E-state index in [1.807, 2.05) is 13.0 Å². The molecule has 0 fully saturated rings. The van der Waals surface area contributed by atoms with Crippen molar-refractivity contribution < 1.29 is 8.42 Å². The van der Waals surface area contributed by atoms with Crippen molar-refractivity contribution in [2.24, 2.45) is 5.84 Å². The van der Waals surface area contributed by atoms with E-state index < -0.39 is 10.0 Å². The number of hydrazine groups is 1. The fourth-order valence-corrected chi connectivity index (χ4v) is 2.64. The smallest absolute Gasteiger partial charge is 0.262 e. The van der Waals surface area contributed by atoms with Gasteiger partial charge in [-0.05, 0) is 30.7 Å². The minimum atomic E-state index is -3.65. The summed E-state index contributed by atoms with van der Waals surface area (Å²) in [7, 11) is -3.65. The van der Waals surface area contributed by atoms with E-state index >= 15 is 0 Å². The lowest BCUT2D eigenvalue weighted by atomic mass is 10.2. The first-order chi connectivity index (χ1) is 9.01. The van der Waals surface area contributed by atoms with Gasteiger partial charge in [0.05, 0.1) is 4.90 Å². The quantitative estimate of drug-likeness (QED) is 0.581. The number of hydrogen-bond donors (Lipinski definition) is 3. The molecule has 0 bridgehead atoms. The molecule has 0 atom stereocenters. The summed E-state index contributed by atoms with van der Waals surface area (Å²) in [5.74, 6) is 5.49. The number of nitrogens with zero attached hydrogens (tertiary/aromatic N) is 1. The van der Waals surface area contributed by atoms with E-state index in [2.05, 4.69) is 15.1 Å². The molecule has 0 radical (unpaired) electrons. The van der Waals surface area contributed by atoms with E-state index in [0.717, 1.165) is 5.56 Å². The predicted molar refractivity (Wildman–Crippen MR) is 74.0 cm³/mol. The molecule has 2 rings (SSSR count). The largest absolute Gasteiger partial charge is 0.308 e. The van der Waals surface area contributed by atoms with Crippen molar-refractivity contribution in [2.45, 2.75) is 11.8 Å². The highest BCUT2D eigenvalue weighted by Crippen LogP contribution is 2.18. The summed E-state index contributed by atoms with van der Waals surface area (Å²) in [6, 6.07) is 9.87. The SMILES string of the molecule is Cc1cccc(NS(=O)(=O)c2ccnc(NN)c2)c1. The van der Waals surface area contributed by atoms with Crippen molar-refractivity contribution in [3.8, 4) is 0 Å². The maximum atomic E-state index is 12.2. The van der Waals surface area contributed by atoms with Gasteiger partial charge in [0.2, 0.25) is 0 Å². The van der Waals surface area contributed by atoms with Crippen molar-refractivity contribution in [3.05, 3.63) is 48.2 Å². The Morgan fingerprint density at radius 1 is 1.21 bits per heavy atom. The van der Waals surface area contributed by atoms with Crippen molar-refractivity contribution in [1.29, 1.82) is 0 Å². The predicted octanol–water partition coefficient (Wildman–Crippen LogP) is 1.48. The van der Waals surface area contributed by atoms with Gasteiger partial charge in [0.15, 0.2) is 0 Å². The Balaban J connectivity index is 2.32. The molecule has 1 aromatic heterocycles. The minimum absolute atomic E-state index is 0.0944. The summed E-state index contributed by atoms with van der Waals surface area (Å²) in [6.45, 7) is 1.89. The molecule has 100 valence electrons. The number of aryl methyl sites for hydroxylation is 1. The van der Waals surface area contributed by atoms with Crippen LogP contribution >= 0.6 is 0 Å². The average Bonchev–Trinajstić information content (AvgIpc) is 2.38. The van der Waals surface area contributed by atoms with Crippen LogP contribution in [0.3, 0.4) is 0 Å². The molecular formula is C12H14N4O2S. The molecule has 0 aliphatic carbocycles. The lowest BCUT2D eigenvalue weighted by Gasteiger charge is -2.09. The first-order valence-electron chi connectivity index (χ1n) is 5.53. The topological polar surface area (TPSA) is 97.1 Å². The van der Waals surface area contributed by atoms with Crippen LogP contribution in [0.5, 0.6) is 0 Å². The van der Waals surface area contributed by atoms with E-state index in [9.17, 15) is 8.42 Å². The molecule has 4 N–H and O–H groups in total. The highest BCUT2D eigenvalue weighted by atomic mass is 32.2. The first kappa shape index (κ1) is 13.3. The molecule has 2 aromatic rings. The number of benzene rings is 1. The third-order valence-corrected chi connectivity index (χ3v) is 3.84. The minimum Gasteiger partial charge on any atom is -0.308 e. The third-order valence-electron chi connectivity index (χ3n) is 2.46. The van der Waals surface area contributed by atoms with Gasteiger partial charge in [-0.1, -0.05) is 12.1 Å². The number of nitrogens with two attached hydrogens (primary N) is 1. The van der Waals surface area contributed by atoms with Gasteiger partial charge in [-0.25, -0.2) is 19.2 Å². The van der Waals surface area contributed by atoms with Gasteiger partial charge in [-0.2, -0.15) is 0 Å². The van der Waals surface area contributed by atoms with Gasteiger partial charge < -0.3 is 5.43 Å². The fraction of sp³-hybridized carbons (Fsp3) is 0.0833. The molecular weight excluding hydrogens is 264 g/mol. The first-order valence-corrected chi connectivity index (χ1v) is 7.02.